The van der Waals surface area contributed by atoms with Crippen LogP contribution in [0.5, 0.6) is 5.75 Å². The number of rotatable bonds is 4. The van der Waals surface area contributed by atoms with Crippen molar-refractivity contribution in [1.82, 2.24) is 14.5 Å². The van der Waals surface area contributed by atoms with Crippen molar-refractivity contribution >= 4 is 17.4 Å². The van der Waals surface area contributed by atoms with Crippen LogP contribution in [0, 0.1) is 0 Å². The molecule has 0 saturated carbocycles. The fraction of sp³-hybridized carbons (Fsp3) is 0.250. The summed E-state index contributed by atoms with van der Waals surface area (Å²) in [5.74, 6) is -2.60. The fourth-order valence-electron chi connectivity index (χ4n) is 3.76. The average molecular weight is 381 g/mol. The molecule has 8 nitrogen and oxygen atoms in total. The van der Waals surface area contributed by atoms with Crippen molar-refractivity contribution in [3.63, 3.8) is 0 Å². The average Bonchev–Trinajstić information content (AvgIpc) is 3.07. The Bertz CT molecular complexity index is 1140. The minimum absolute atomic E-state index is 0.357. The number of nitrogens with zero attached hydrogens (tertiary/aromatic N) is 2. The standard InChI is InChI=1S/C20H19N3O5/c24-16(25)11-21-19(27)17-18(26)15-10-12-6-4-5-9-14(12)23(15)22(20(17)28)13-7-2-1-3-8-13/h1-3,7-8,10,26H,4-6,9,11H2,(H,21,27)(H,24,25). The Kier molecular flexibility index (Phi) is 4.38. The normalized spacial score (nSPS) is 13.3. The van der Waals surface area contributed by atoms with Crippen molar-refractivity contribution in [3.05, 3.63) is 63.6 Å². The summed E-state index contributed by atoms with van der Waals surface area (Å²) in [6.07, 6.45) is 3.59. The maximum atomic E-state index is 13.2. The molecule has 0 unspecified atom stereocenters. The zero-order chi connectivity index (χ0) is 19.8. The monoisotopic (exact) mass is 381 g/mol. The molecule has 144 valence electrons. The minimum atomic E-state index is -1.24. The van der Waals surface area contributed by atoms with Crippen molar-refractivity contribution in [2.45, 2.75) is 25.7 Å². The van der Waals surface area contributed by atoms with Gasteiger partial charge in [-0.2, -0.15) is 0 Å². The van der Waals surface area contributed by atoms with Gasteiger partial charge in [0.1, 0.15) is 12.1 Å². The third-order valence-corrected chi connectivity index (χ3v) is 4.99. The highest BCUT2D eigenvalue weighted by Gasteiger charge is 2.27. The van der Waals surface area contributed by atoms with E-state index in [1.54, 1.807) is 34.8 Å². The molecule has 0 saturated heterocycles. The van der Waals surface area contributed by atoms with Crippen LogP contribution in [0.1, 0.15) is 34.5 Å². The van der Waals surface area contributed by atoms with Gasteiger partial charge in [0.15, 0.2) is 11.3 Å². The first-order chi connectivity index (χ1) is 13.5. The topological polar surface area (TPSA) is 113 Å². The number of aliphatic carboxylic acids is 1. The number of amides is 1. The van der Waals surface area contributed by atoms with Crippen LogP contribution in [0.25, 0.3) is 11.2 Å². The number of fused-ring (bicyclic) bond motifs is 3. The first-order valence-electron chi connectivity index (χ1n) is 9.06. The molecule has 0 atom stereocenters. The number of carboxylic acid groups (broad SMARTS) is 1. The first kappa shape index (κ1) is 17.8. The molecule has 0 aliphatic heterocycles. The number of carbonyl (C=O) groups is 2. The van der Waals surface area contributed by atoms with E-state index in [2.05, 4.69) is 5.32 Å². The maximum Gasteiger partial charge on any atom is 0.322 e. The molecular formula is C20H19N3O5. The molecule has 2 aromatic heterocycles. The third kappa shape index (κ3) is 2.83. The first-order valence-corrected chi connectivity index (χ1v) is 9.06. The largest absolute Gasteiger partial charge is 0.505 e. The molecule has 0 fully saturated rings. The van der Waals surface area contributed by atoms with Gasteiger partial charge in [-0.05, 0) is 49.4 Å². The van der Waals surface area contributed by atoms with E-state index in [4.69, 9.17) is 5.11 Å². The second kappa shape index (κ2) is 6.88. The van der Waals surface area contributed by atoms with Crippen LogP contribution in [0.2, 0.25) is 0 Å². The van der Waals surface area contributed by atoms with Gasteiger partial charge < -0.3 is 15.5 Å². The molecule has 3 N–H and O–H groups in total. The highest BCUT2D eigenvalue weighted by Crippen LogP contribution is 2.31. The lowest BCUT2D eigenvalue weighted by atomic mass is 9.98. The summed E-state index contributed by atoms with van der Waals surface area (Å²) >= 11 is 0. The van der Waals surface area contributed by atoms with E-state index in [9.17, 15) is 19.5 Å². The fourth-order valence-corrected chi connectivity index (χ4v) is 3.76. The van der Waals surface area contributed by atoms with Gasteiger partial charge >= 0.3 is 5.97 Å². The van der Waals surface area contributed by atoms with Gasteiger partial charge in [0.05, 0.1) is 5.69 Å². The number of aryl methyl sites for hydroxylation is 2. The highest BCUT2D eigenvalue weighted by atomic mass is 16.4. The SMILES string of the molecule is O=C(O)CNC(=O)c1c(O)c2cc3c(n2n(-c2ccccc2)c1=O)CCCC3. The molecule has 1 aromatic carbocycles. The molecule has 1 aliphatic rings. The van der Waals surface area contributed by atoms with E-state index in [-0.39, 0.29) is 0 Å². The summed E-state index contributed by atoms with van der Waals surface area (Å²) in [5.41, 5.74) is 1.71. The molecule has 0 spiro atoms. The summed E-state index contributed by atoms with van der Waals surface area (Å²) in [4.78, 5) is 36.5. The molecule has 1 amide bonds. The van der Waals surface area contributed by atoms with Gasteiger partial charge in [0, 0.05) is 5.69 Å². The van der Waals surface area contributed by atoms with E-state index in [0.717, 1.165) is 36.9 Å². The van der Waals surface area contributed by atoms with Crippen LogP contribution < -0.4 is 10.9 Å². The quantitative estimate of drug-likeness (QED) is 0.634. The Balaban J connectivity index is 2.03. The van der Waals surface area contributed by atoms with Crippen LogP contribution >= 0.6 is 0 Å². The minimum Gasteiger partial charge on any atom is -0.505 e. The Morgan fingerprint density at radius 3 is 2.54 bits per heavy atom. The summed E-state index contributed by atoms with van der Waals surface area (Å²) in [6, 6.07) is 10.7. The van der Waals surface area contributed by atoms with Gasteiger partial charge in [-0.3, -0.25) is 14.4 Å². The molecule has 0 radical (unpaired) electrons. The van der Waals surface area contributed by atoms with E-state index >= 15 is 0 Å². The summed E-state index contributed by atoms with van der Waals surface area (Å²) in [5, 5.41) is 21.7. The Morgan fingerprint density at radius 2 is 1.82 bits per heavy atom. The summed E-state index contributed by atoms with van der Waals surface area (Å²) in [6.45, 7) is -0.647. The van der Waals surface area contributed by atoms with Crippen molar-refractivity contribution in [1.29, 1.82) is 0 Å². The zero-order valence-corrected chi connectivity index (χ0v) is 15.0. The van der Waals surface area contributed by atoms with Gasteiger partial charge in [0.2, 0.25) is 0 Å². The molecule has 0 bridgehead atoms. The van der Waals surface area contributed by atoms with E-state index in [1.165, 1.54) is 4.68 Å². The van der Waals surface area contributed by atoms with Crippen LogP contribution in [0.3, 0.4) is 0 Å². The molecule has 1 aliphatic carbocycles. The number of hydrogen-bond donors (Lipinski definition) is 3. The predicted octanol–water partition coefficient (Wildman–Crippen LogP) is 1.49. The van der Waals surface area contributed by atoms with E-state index in [0.29, 0.717) is 11.2 Å². The lowest BCUT2D eigenvalue weighted by Crippen LogP contribution is -2.37. The van der Waals surface area contributed by atoms with Gasteiger partial charge in [-0.25, -0.2) is 9.20 Å². The summed E-state index contributed by atoms with van der Waals surface area (Å²) < 4.78 is 3.05. The highest BCUT2D eigenvalue weighted by molar-refractivity contribution is 6.00. The second-order valence-corrected chi connectivity index (χ2v) is 6.77. The second-order valence-electron chi connectivity index (χ2n) is 6.77. The number of aromatic hydroxyl groups is 1. The molecule has 28 heavy (non-hydrogen) atoms. The van der Waals surface area contributed by atoms with Gasteiger partial charge in [0.25, 0.3) is 11.5 Å². The van der Waals surface area contributed by atoms with Crippen molar-refractivity contribution in [3.8, 4) is 11.4 Å². The van der Waals surface area contributed by atoms with Crippen molar-refractivity contribution in [2.24, 2.45) is 0 Å². The Morgan fingerprint density at radius 1 is 1.11 bits per heavy atom. The smallest absolute Gasteiger partial charge is 0.322 e. The molecule has 3 aromatic rings. The third-order valence-electron chi connectivity index (χ3n) is 4.99. The van der Waals surface area contributed by atoms with E-state index < -0.39 is 35.3 Å². The van der Waals surface area contributed by atoms with Gasteiger partial charge in [-0.1, -0.05) is 18.2 Å². The molecule has 4 rings (SSSR count). The summed E-state index contributed by atoms with van der Waals surface area (Å²) in [7, 11) is 0. The Labute approximate surface area is 159 Å². The maximum absolute atomic E-state index is 13.2. The molecule has 8 heteroatoms. The van der Waals surface area contributed by atoms with Crippen molar-refractivity contribution in [2.75, 3.05) is 6.54 Å². The number of carboxylic acids is 1. The lowest BCUT2D eigenvalue weighted by Gasteiger charge is -2.18. The number of nitrogens with one attached hydrogen (secondary N) is 1. The number of hydrogen-bond acceptors (Lipinski definition) is 4. The van der Waals surface area contributed by atoms with Crippen LogP contribution in [-0.2, 0) is 17.6 Å². The van der Waals surface area contributed by atoms with Crippen LogP contribution in [0.15, 0.2) is 41.2 Å². The molecule has 2 heterocycles. The lowest BCUT2D eigenvalue weighted by molar-refractivity contribution is -0.135. The zero-order valence-electron chi connectivity index (χ0n) is 15.0. The number of carbonyl (C=O) groups excluding carboxylic acids is 1. The Hall–Kier alpha value is -3.55. The number of para-hydroxylation sites is 1. The predicted molar refractivity (Wildman–Crippen MR) is 101 cm³/mol. The number of benzene rings is 1. The van der Waals surface area contributed by atoms with E-state index in [1.807, 2.05) is 6.07 Å². The number of aromatic nitrogens is 2. The van der Waals surface area contributed by atoms with Crippen LogP contribution in [0.4, 0.5) is 0 Å². The van der Waals surface area contributed by atoms with Crippen molar-refractivity contribution < 1.29 is 19.8 Å². The molecular weight excluding hydrogens is 362 g/mol. The van der Waals surface area contributed by atoms with Gasteiger partial charge in [-0.15, -0.1) is 0 Å². The van der Waals surface area contributed by atoms with Crippen LogP contribution in [-0.4, -0.2) is 37.8 Å².